The Labute approximate surface area is 174 Å². The maximum atomic E-state index is 12.5. The molecule has 8 heteroatoms. The van der Waals surface area contributed by atoms with Crippen molar-refractivity contribution in [3.63, 3.8) is 0 Å². The highest BCUT2D eigenvalue weighted by atomic mass is 32.2. The summed E-state index contributed by atoms with van der Waals surface area (Å²) in [5, 5.41) is 0. The molecule has 3 aromatic rings. The molecule has 0 spiro atoms. The molecule has 2 atom stereocenters. The van der Waals surface area contributed by atoms with Gasteiger partial charge in [0.05, 0.1) is 30.6 Å². The molecule has 0 aliphatic heterocycles. The highest BCUT2D eigenvalue weighted by molar-refractivity contribution is 7.89. The zero-order valence-corrected chi connectivity index (χ0v) is 18.3. The largest absolute Gasteiger partial charge is 0.593 e. The third kappa shape index (κ3) is 4.66. The smallest absolute Gasteiger partial charge is 0.206 e. The van der Waals surface area contributed by atoms with Gasteiger partial charge in [-0.05, 0) is 38.5 Å². The Morgan fingerprint density at radius 2 is 2.07 bits per heavy atom. The van der Waals surface area contributed by atoms with Crippen molar-refractivity contribution in [2.24, 2.45) is 0 Å². The molecule has 0 fully saturated rings. The number of fused-ring (bicyclic) bond motifs is 1. The summed E-state index contributed by atoms with van der Waals surface area (Å²) in [5.74, 6) is 1.88. The van der Waals surface area contributed by atoms with Gasteiger partial charge in [-0.15, -0.1) is 3.97 Å². The molecule has 0 saturated heterocycles. The van der Waals surface area contributed by atoms with Crippen molar-refractivity contribution in [1.29, 1.82) is 0 Å². The van der Waals surface area contributed by atoms with Gasteiger partial charge in [-0.3, -0.25) is 4.98 Å². The molecular formula is C21H27N3O4S. The number of nitrogens with zero attached hydrogens (tertiary/aromatic N) is 3. The van der Waals surface area contributed by atoms with E-state index >= 15 is 0 Å². The van der Waals surface area contributed by atoms with Gasteiger partial charge in [0.2, 0.25) is 5.82 Å². The zero-order valence-electron chi connectivity index (χ0n) is 17.5. The van der Waals surface area contributed by atoms with Crippen LogP contribution in [0.5, 0.6) is 11.5 Å². The fourth-order valence-corrected chi connectivity index (χ4v) is 3.85. The van der Waals surface area contributed by atoms with E-state index in [1.165, 1.54) is 0 Å². The first-order chi connectivity index (χ1) is 14.0. The second-order valence-electron chi connectivity index (χ2n) is 6.70. The first-order valence-electron chi connectivity index (χ1n) is 9.60. The van der Waals surface area contributed by atoms with Crippen LogP contribution < -0.4 is 9.47 Å². The van der Waals surface area contributed by atoms with E-state index in [2.05, 4.69) is 11.9 Å². The molecule has 3 rings (SSSR count). The van der Waals surface area contributed by atoms with E-state index in [4.69, 9.17) is 19.2 Å². The van der Waals surface area contributed by atoms with E-state index in [0.717, 1.165) is 23.9 Å². The Morgan fingerprint density at radius 1 is 1.28 bits per heavy atom. The van der Waals surface area contributed by atoms with Crippen LogP contribution in [0.4, 0.5) is 0 Å². The lowest BCUT2D eigenvalue weighted by atomic mass is 10.2. The lowest BCUT2D eigenvalue weighted by Gasteiger charge is -2.18. The van der Waals surface area contributed by atoms with Crippen LogP contribution in [-0.4, -0.2) is 44.8 Å². The fourth-order valence-electron chi connectivity index (χ4n) is 3.05. The standard InChI is InChI=1S/C21H27N3O4S/c1-6-7-12-27-15(3)28-19-10-11-22-20(14(19)2)21-23-17-13-16(26-4)8-9-18(17)24(21)29(5)25/h8-11,13,15H,6-7,12H2,1-5H3. The topological polar surface area (TPSA) is 81.5 Å². The van der Waals surface area contributed by atoms with E-state index in [-0.39, 0.29) is 6.29 Å². The van der Waals surface area contributed by atoms with Crippen LogP contribution >= 0.6 is 0 Å². The van der Waals surface area contributed by atoms with Crippen LogP contribution in [0.15, 0.2) is 30.5 Å². The first kappa shape index (κ1) is 21.4. The minimum atomic E-state index is -1.32. The van der Waals surface area contributed by atoms with Gasteiger partial charge in [0.1, 0.15) is 29.0 Å². The molecule has 2 heterocycles. The molecule has 0 saturated carbocycles. The molecule has 7 nitrogen and oxygen atoms in total. The maximum Gasteiger partial charge on any atom is 0.206 e. The van der Waals surface area contributed by atoms with Crippen molar-refractivity contribution in [3.05, 3.63) is 36.0 Å². The second kappa shape index (κ2) is 9.47. The fraction of sp³-hybridized carbons (Fsp3) is 0.429. The van der Waals surface area contributed by atoms with Gasteiger partial charge in [-0.2, -0.15) is 0 Å². The molecule has 0 amide bonds. The average molecular weight is 418 g/mol. The number of benzene rings is 1. The van der Waals surface area contributed by atoms with Gasteiger partial charge in [-0.1, -0.05) is 13.3 Å². The van der Waals surface area contributed by atoms with Gasteiger partial charge in [0, 0.05) is 17.8 Å². The van der Waals surface area contributed by atoms with Crippen molar-refractivity contribution >= 4 is 22.4 Å². The van der Waals surface area contributed by atoms with Gasteiger partial charge in [0.15, 0.2) is 6.29 Å². The lowest BCUT2D eigenvalue weighted by Crippen LogP contribution is -2.18. The minimum Gasteiger partial charge on any atom is -0.593 e. The Bertz CT molecular complexity index is 974. The number of hydrogen-bond acceptors (Lipinski definition) is 6. The highest BCUT2D eigenvalue weighted by Gasteiger charge is 2.23. The Kier molecular flexibility index (Phi) is 7.00. The lowest BCUT2D eigenvalue weighted by molar-refractivity contribution is -0.0677. The molecule has 29 heavy (non-hydrogen) atoms. The molecule has 0 radical (unpaired) electrons. The van der Waals surface area contributed by atoms with Crippen molar-refractivity contribution in [1.82, 2.24) is 13.9 Å². The van der Waals surface area contributed by atoms with Crippen LogP contribution in [0, 0.1) is 6.92 Å². The second-order valence-corrected chi connectivity index (χ2v) is 7.91. The minimum absolute atomic E-state index is 0.376. The van der Waals surface area contributed by atoms with E-state index in [0.29, 0.717) is 35.1 Å². The maximum absolute atomic E-state index is 12.5. The van der Waals surface area contributed by atoms with E-state index in [1.807, 2.05) is 32.0 Å². The summed E-state index contributed by atoms with van der Waals surface area (Å²) >= 11 is -1.32. The number of hydrogen-bond donors (Lipinski definition) is 0. The molecule has 0 bridgehead atoms. The normalized spacial score (nSPS) is 13.4. The van der Waals surface area contributed by atoms with Crippen LogP contribution in [0.1, 0.15) is 32.3 Å². The summed E-state index contributed by atoms with van der Waals surface area (Å²) in [6, 6.07) is 7.30. The van der Waals surface area contributed by atoms with Crippen LogP contribution in [0.2, 0.25) is 0 Å². The molecule has 0 N–H and O–H groups in total. The summed E-state index contributed by atoms with van der Waals surface area (Å²) in [7, 11) is 1.60. The molecular weight excluding hydrogens is 390 g/mol. The van der Waals surface area contributed by atoms with Crippen molar-refractivity contribution in [2.75, 3.05) is 20.0 Å². The third-order valence-electron chi connectivity index (χ3n) is 4.59. The van der Waals surface area contributed by atoms with E-state index in [9.17, 15) is 4.55 Å². The monoisotopic (exact) mass is 417 g/mol. The van der Waals surface area contributed by atoms with Crippen LogP contribution in [0.25, 0.3) is 22.6 Å². The number of ether oxygens (including phenoxy) is 3. The van der Waals surface area contributed by atoms with Crippen molar-refractivity contribution < 1.29 is 18.8 Å². The summed E-state index contributed by atoms with van der Waals surface area (Å²) in [5.41, 5.74) is 2.88. The van der Waals surface area contributed by atoms with Gasteiger partial charge in [0.25, 0.3) is 0 Å². The summed E-state index contributed by atoms with van der Waals surface area (Å²) in [4.78, 5) is 9.20. The van der Waals surface area contributed by atoms with Crippen molar-refractivity contribution in [3.8, 4) is 23.0 Å². The highest BCUT2D eigenvalue weighted by Crippen LogP contribution is 2.32. The summed E-state index contributed by atoms with van der Waals surface area (Å²) in [6.07, 6.45) is 4.97. The number of methoxy groups -OCH3 is 1. The van der Waals surface area contributed by atoms with Crippen molar-refractivity contribution in [2.45, 2.75) is 39.9 Å². The Morgan fingerprint density at radius 3 is 2.76 bits per heavy atom. The molecule has 1 aromatic carbocycles. The average Bonchev–Trinajstić information content (AvgIpc) is 3.08. The van der Waals surface area contributed by atoms with E-state index < -0.39 is 11.4 Å². The number of rotatable bonds is 9. The first-order valence-corrected chi connectivity index (χ1v) is 11.1. The Hall–Kier alpha value is -2.29. The zero-order chi connectivity index (χ0) is 21.0. The van der Waals surface area contributed by atoms with E-state index in [1.54, 1.807) is 29.6 Å². The quantitative estimate of drug-likeness (QED) is 0.296. The van der Waals surface area contributed by atoms with Gasteiger partial charge in [-0.25, -0.2) is 4.98 Å². The molecule has 0 aliphatic carbocycles. The summed E-state index contributed by atoms with van der Waals surface area (Å²) in [6.45, 7) is 6.56. The number of unbranched alkanes of at least 4 members (excludes halogenated alkanes) is 1. The third-order valence-corrected chi connectivity index (χ3v) is 5.47. The number of aromatic nitrogens is 3. The predicted octanol–water partition coefficient (Wildman–Crippen LogP) is 4.10. The molecule has 156 valence electrons. The van der Waals surface area contributed by atoms with Gasteiger partial charge >= 0.3 is 0 Å². The van der Waals surface area contributed by atoms with Crippen LogP contribution in [-0.2, 0) is 16.1 Å². The van der Waals surface area contributed by atoms with Crippen LogP contribution in [0.3, 0.4) is 0 Å². The Balaban J connectivity index is 2.00. The number of pyridine rings is 1. The predicted molar refractivity (Wildman–Crippen MR) is 115 cm³/mol. The SMILES string of the molecule is CCCCOC(C)Oc1ccnc(-c2nc3cc(OC)ccc3n2[S+](C)[O-])c1C. The molecule has 2 aromatic heterocycles. The van der Waals surface area contributed by atoms with Gasteiger partial charge < -0.3 is 18.8 Å². The molecule has 0 aliphatic rings. The summed E-state index contributed by atoms with van der Waals surface area (Å²) < 4.78 is 31.1. The molecule has 2 unspecified atom stereocenters. The number of imidazole rings is 1.